The molecule has 0 aromatic heterocycles. The first-order valence-electron chi connectivity index (χ1n) is 8.78. The molecule has 24 heavy (non-hydrogen) atoms. The topological polar surface area (TPSA) is 38.3 Å². The summed E-state index contributed by atoms with van der Waals surface area (Å²) in [5.74, 6) is 0.639. The maximum atomic E-state index is 12.3. The molecule has 0 radical (unpaired) electrons. The van der Waals surface area contributed by atoms with Crippen molar-refractivity contribution in [3.05, 3.63) is 59.7 Å². The normalized spacial score (nSPS) is 11.8. The first-order valence-corrected chi connectivity index (χ1v) is 8.78. The Labute approximate surface area is 145 Å². The van der Waals surface area contributed by atoms with Crippen LogP contribution in [-0.4, -0.2) is 12.0 Å². The van der Waals surface area contributed by atoms with Crippen LogP contribution in [0.15, 0.2) is 48.5 Å². The molecule has 0 heterocycles. The Hall–Kier alpha value is -2.29. The van der Waals surface area contributed by atoms with Crippen molar-refractivity contribution in [1.29, 1.82) is 0 Å². The molecule has 0 fully saturated rings. The van der Waals surface area contributed by atoms with Crippen LogP contribution in [0.3, 0.4) is 0 Å². The quantitative estimate of drug-likeness (QED) is 0.742. The van der Waals surface area contributed by atoms with E-state index in [2.05, 4.69) is 31.3 Å². The van der Waals surface area contributed by atoms with Gasteiger partial charge in [-0.05, 0) is 55.5 Å². The maximum Gasteiger partial charge on any atom is 0.265 e. The number of aryl methyl sites for hydroxylation is 2. The molecule has 128 valence electrons. The minimum Gasteiger partial charge on any atom is -0.481 e. The van der Waals surface area contributed by atoms with Crippen molar-refractivity contribution < 1.29 is 9.53 Å². The molecule has 2 aromatic carbocycles. The van der Waals surface area contributed by atoms with E-state index in [0.29, 0.717) is 0 Å². The molecule has 3 heteroatoms. The van der Waals surface area contributed by atoms with Crippen LogP contribution in [0.4, 0.5) is 5.69 Å². The number of rotatable bonds is 8. The Bertz CT molecular complexity index is 649. The number of ether oxygens (including phenoxy) is 1. The van der Waals surface area contributed by atoms with Gasteiger partial charge in [0.25, 0.3) is 5.91 Å². The van der Waals surface area contributed by atoms with E-state index in [1.807, 2.05) is 36.4 Å². The molecule has 2 aromatic rings. The van der Waals surface area contributed by atoms with E-state index in [-0.39, 0.29) is 5.91 Å². The Morgan fingerprint density at radius 1 is 1.08 bits per heavy atom. The summed E-state index contributed by atoms with van der Waals surface area (Å²) in [6.45, 7) is 6.04. The van der Waals surface area contributed by atoms with Gasteiger partial charge in [0.05, 0.1) is 0 Å². The van der Waals surface area contributed by atoms with E-state index in [1.54, 1.807) is 6.92 Å². The summed E-state index contributed by atoms with van der Waals surface area (Å²) in [4.78, 5) is 12.3. The largest absolute Gasteiger partial charge is 0.481 e. The van der Waals surface area contributed by atoms with Gasteiger partial charge in [-0.1, -0.05) is 50.6 Å². The zero-order chi connectivity index (χ0) is 17.4. The lowest BCUT2D eigenvalue weighted by Gasteiger charge is -2.17. The predicted molar refractivity (Wildman–Crippen MR) is 99.6 cm³/mol. The number of hydrogen-bond donors (Lipinski definition) is 1. The summed E-state index contributed by atoms with van der Waals surface area (Å²) in [5.41, 5.74) is 3.22. The SMILES string of the molecule is CCCCc1ccc(NC(=O)C(C)Oc2ccccc2CC)cc1. The summed E-state index contributed by atoms with van der Waals surface area (Å²) in [6.07, 6.45) is 3.79. The predicted octanol–water partition coefficient (Wildman–Crippen LogP) is 5.00. The van der Waals surface area contributed by atoms with Crippen molar-refractivity contribution in [2.24, 2.45) is 0 Å². The van der Waals surface area contributed by atoms with Gasteiger partial charge in [0.2, 0.25) is 0 Å². The maximum absolute atomic E-state index is 12.3. The number of benzene rings is 2. The number of anilines is 1. The first kappa shape index (κ1) is 18.1. The fourth-order valence-electron chi connectivity index (χ4n) is 2.53. The number of nitrogens with one attached hydrogen (secondary N) is 1. The molecule has 0 spiro atoms. The van der Waals surface area contributed by atoms with Crippen LogP contribution < -0.4 is 10.1 Å². The van der Waals surface area contributed by atoms with Crippen molar-refractivity contribution in [3.8, 4) is 5.75 Å². The van der Waals surface area contributed by atoms with E-state index < -0.39 is 6.10 Å². The van der Waals surface area contributed by atoms with Crippen molar-refractivity contribution in [2.75, 3.05) is 5.32 Å². The molecule has 0 aliphatic heterocycles. The molecular formula is C21H27NO2. The zero-order valence-corrected chi connectivity index (χ0v) is 14.8. The van der Waals surface area contributed by atoms with Gasteiger partial charge in [0.1, 0.15) is 5.75 Å². The highest BCUT2D eigenvalue weighted by Gasteiger charge is 2.16. The average molecular weight is 325 g/mol. The molecular weight excluding hydrogens is 298 g/mol. The standard InChI is InChI=1S/C21H27NO2/c1-4-6-9-17-12-14-19(15-13-17)22-21(23)16(3)24-20-11-8-7-10-18(20)5-2/h7-8,10-16H,4-6,9H2,1-3H3,(H,22,23). The molecule has 2 rings (SSSR count). The summed E-state index contributed by atoms with van der Waals surface area (Å²) < 4.78 is 5.84. The van der Waals surface area contributed by atoms with Crippen molar-refractivity contribution in [3.63, 3.8) is 0 Å². The van der Waals surface area contributed by atoms with Gasteiger partial charge in [-0.3, -0.25) is 4.79 Å². The Morgan fingerprint density at radius 2 is 1.79 bits per heavy atom. The lowest BCUT2D eigenvalue weighted by molar-refractivity contribution is -0.122. The Morgan fingerprint density at radius 3 is 2.46 bits per heavy atom. The second kappa shape index (κ2) is 9.11. The van der Waals surface area contributed by atoms with Crippen LogP contribution in [-0.2, 0) is 17.6 Å². The van der Waals surface area contributed by atoms with Crippen molar-refractivity contribution >= 4 is 11.6 Å². The minimum absolute atomic E-state index is 0.137. The molecule has 3 nitrogen and oxygen atoms in total. The lowest BCUT2D eigenvalue weighted by Crippen LogP contribution is -2.30. The number of hydrogen-bond acceptors (Lipinski definition) is 2. The third-order valence-corrected chi connectivity index (χ3v) is 4.07. The van der Waals surface area contributed by atoms with Crippen LogP contribution in [0, 0.1) is 0 Å². The molecule has 0 bridgehead atoms. The fourth-order valence-corrected chi connectivity index (χ4v) is 2.53. The summed E-state index contributed by atoms with van der Waals surface area (Å²) in [5, 5.41) is 2.92. The molecule has 0 saturated carbocycles. The molecule has 1 N–H and O–H groups in total. The van der Waals surface area contributed by atoms with Gasteiger partial charge in [0, 0.05) is 5.69 Å². The summed E-state index contributed by atoms with van der Waals surface area (Å²) in [7, 11) is 0. The minimum atomic E-state index is -0.544. The third kappa shape index (κ3) is 5.12. The number of amides is 1. The lowest BCUT2D eigenvalue weighted by atomic mass is 10.1. The molecule has 0 saturated heterocycles. The van der Waals surface area contributed by atoms with Gasteiger partial charge in [0.15, 0.2) is 6.10 Å². The van der Waals surface area contributed by atoms with E-state index in [0.717, 1.165) is 29.8 Å². The van der Waals surface area contributed by atoms with E-state index in [1.165, 1.54) is 18.4 Å². The van der Waals surface area contributed by atoms with Gasteiger partial charge in [-0.15, -0.1) is 0 Å². The van der Waals surface area contributed by atoms with E-state index in [9.17, 15) is 4.79 Å². The van der Waals surface area contributed by atoms with Crippen LogP contribution >= 0.6 is 0 Å². The van der Waals surface area contributed by atoms with E-state index in [4.69, 9.17) is 4.74 Å². The number of carbonyl (C=O) groups excluding carboxylic acids is 1. The second-order valence-electron chi connectivity index (χ2n) is 6.01. The molecule has 1 unspecified atom stereocenters. The summed E-state index contributed by atoms with van der Waals surface area (Å²) in [6, 6.07) is 15.9. The number of unbranched alkanes of at least 4 members (excludes halogenated alkanes) is 1. The Kier molecular flexibility index (Phi) is 6.86. The van der Waals surface area contributed by atoms with Crippen LogP contribution in [0.5, 0.6) is 5.75 Å². The van der Waals surface area contributed by atoms with Crippen LogP contribution in [0.1, 0.15) is 44.7 Å². The van der Waals surface area contributed by atoms with Crippen LogP contribution in [0.25, 0.3) is 0 Å². The molecule has 1 atom stereocenters. The smallest absolute Gasteiger partial charge is 0.265 e. The Balaban J connectivity index is 1.93. The van der Waals surface area contributed by atoms with Gasteiger partial charge >= 0.3 is 0 Å². The average Bonchev–Trinajstić information content (AvgIpc) is 2.61. The van der Waals surface area contributed by atoms with Crippen LogP contribution in [0.2, 0.25) is 0 Å². The fraction of sp³-hybridized carbons (Fsp3) is 0.381. The monoisotopic (exact) mass is 325 g/mol. The first-order chi connectivity index (χ1) is 11.6. The zero-order valence-electron chi connectivity index (χ0n) is 14.8. The molecule has 0 aliphatic carbocycles. The molecule has 0 aliphatic rings. The van der Waals surface area contributed by atoms with Gasteiger partial charge < -0.3 is 10.1 Å². The van der Waals surface area contributed by atoms with Crippen molar-refractivity contribution in [2.45, 2.75) is 52.6 Å². The van der Waals surface area contributed by atoms with Crippen molar-refractivity contribution in [1.82, 2.24) is 0 Å². The summed E-state index contributed by atoms with van der Waals surface area (Å²) >= 11 is 0. The molecule has 1 amide bonds. The highest BCUT2D eigenvalue weighted by molar-refractivity contribution is 5.94. The second-order valence-corrected chi connectivity index (χ2v) is 6.01. The highest BCUT2D eigenvalue weighted by atomic mass is 16.5. The number of carbonyl (C=O) groups is 1. The number of para-hydroxylation sites is 1. The van der Waals surface area contributed by atoms with E-state index >= 15 is 0 Å². The van der Waals surface area contributed by atoms with Gasteiger partial charge in [-0.2, -0.15) is 0 Å². The highest BCUT2D eigenvalue weighted by Crippen LogP contribution is 2.20. The third-order valence-electron chi connectivity index (χ3n) is 4.07. The van der Waals surface area contributed by atoms with Gasteiger partial charge in [-0.25, -0.2) is 0 Å².